The van der Waals surface area contributed by atoms with Crippen molar-refractivity contribution in [3.05, 3.63) is 30.3 Å². The molecule has 0 aliphatic carbocycles. The van der Waals surface area contributed by atoms with E-state index in [9.17, 15) is 4.79 Å². The molecule has 1 heterocycles. The van der Waals surface area contributed by atoms with Gasteiger partial charge in [0.2, 0.25) is 0 Å². The Hall–Kier alpha value is -1.46. The highest BCUT2D eigenvalue weighted by molar-refractivity contribution is 7.99. The van der Waals surface area contributed by atoms with Crippen LogP contribution in [0.15, 0.2) is 35.4 Å². The maximum Gasteiger partial charge on any atom is 0.332 e. The lowest BCUT2D eigenvalue weighted by Gasteiger charge is -2.11. The number of thioether (sulfide) groups is 1. The van der Waals surface area contributed by atoms with Crippen LogP contribution in [0.3, 0.4) is 0 Å². The van der Waals surface area contributed by atoms with Crippen molar-refractivity contribution < 1.29 is 14.6 Å². The minimum absolute atomic E-state index is 0.425. The summed E-state index contributed by atoms with van der Waals surface area (Å²) in [4.78, 5) is 14.2. The SMILES string of the molecule is CCOC(CCSc1cc2ccccc2[nH]1)C(=O)O. The Labute approximate surface area is 116 Å². The number of carboxylic acid groups (broad SMARTS) is 1. The third-order valence-electron chi connectivity index (χ3n) is 2.79. The van der Waals surface area contributed by atoms with Crippen molar-refractivity contribution in [1.29, 1.82) is 0 Å². The van der Waals surface area contributed by atoms with Gasteiger partial charge in [0.05, 0.1) is 5.03 Å². The van der Waals surface area contributed by atoms with E-state index in [1.54, 1.807) is 18.7 Å². The van der Waals surface area contributed by atoms with Crippen LogP contribution < -0.4 is 0 Å². The smallest absolute Gasteiger partial charge is 0.332 e. The molecule has 0 spiro atoms. The number of rotatable bonds is 7. The van der Waals surface area contributed by atoms with E-state index in [0.29, 0.717) is 18.8 Å². The molecular weight excluding hydrogens is 262 g/mol. The van der Waals surface area contributed by atoms with Gasteiger partial charge in [0.25, 0.3) is 0 Å². The number of hydrogen-bond acceptors (Lipinski definition) is 3. The number of aliphatic carboxylic acids is 1. The number of aromatic amines is 1. The molecule has 0 amide bonds. The van der Waals surface area contributed by atoms with Gasteiger partial charge in [-0.15, -0.1) is 11.8 Å². The van der Waals surface area contributed by atoms with Gasteiger partial charge in [0.1, 0.15) is 0 Å². The fraction of sp³-hybridized carbons (Fsp3) is 0.357. The number of carboxylic acids is 1. The fourth-order valence-electron chi connectivity index (χ4n) is 1.88. The van der Waals surface area contributed by atoms with Crippen LogP contribution in [0.4, 0.5) is 0 Å². The number of fused-ring (bicyclic) bond motifs is 1. The topological polar surface area (TPSA) is 62.3 Å². The highest BCUT2D eigenvalue weighted by Gasteiger charge is 2.16. The second-order valence-electron chi connectivity index (χ2n) is 4.14. The minimum atomic E-state index is -0.890. The molecule has 0 radical (unpaired) electrons. The minimum Gasteiger partial charge on any atom is -0.479 e. The van der Waals surface area contributed by atoms with Crippen molar-refractivity contribution >= 4 is 28.6 Å². The molecule has 1 aromatic carbocycles. The van der Waals surface area contributed by atoms with Gasteiger partial charge >= 0.3 is 5.97 Å². The Morgan fingerprint density at radius 1 is 1.47 bits per heavy atom. The van der Waals surface area contributed by atoms with E-state index in [2.05, 4.69) is 17.1 Å². The first-order valence-electron chi connectivity index (χ1n) is 6.25. The average Bonchev–Trinajstić information content (AvgIpc) is 2.80. The molecule has 2 N–H and O–H groups in total. The normalized spacial score (nSPS) is 12.7. The van der Waals surface area contributed by atoms with Crippen LogP contribution in [0.2, 0.25) is 0 Å². The molecule has 1 unspecified atom stereocenters. The third-order valence-corrected chi connectivity index (χ3v) is 3.76. The van der Waals surface area contributed by atoms with Crippen molar-refractivity contribution in [2.75, 3.05) is 12.4 Å². The predicted octanol–water partition coefficient (Wildman–Crippen LogP) is 3.14. The number of H-pyrrole nitrogens is 1. The fourth-order valence-corrected chi connectivity index (χ4v) is 2.82. The summed E-state index contributed by atoms with van der Waals surface area (Å²) in [5.74, 6) is -0.178. The van der Waals surface area contributed by atoms with E-state index < -0.39 is 12.1 Å². The zero-order valence-electron chi connectivity index (χ0n) is 10.8. The summed E-state index contributed by atoms with van der Waals surface area (Å²) in [7, 11) is 0. The number of carbonyl (C=O) groups is 1. The van der Waals surface area contributed by atoms with Crippen molar-refractivity contribution in [2.45, 2.75) is 24.5 Å². The zero-order chi connectivity index (χ0) is 13.7. The van der Waals surface area contributed by atoms with Crippen molar-refractivity contribution in [3.63, 3.8) is 0 Å². The van der Waals surface area contributed by atoms with Crippen LogP contribution >= 0.6 is 11.8 Å². The maximum absolute atomic E-state index is 10.9. The molecule has 2 aromatic rings. The van der Waals surface area contributed by atoms with Crippen LogP contribution in [0.5, 0.6) is 0 Å². The molecule has 0 aliphatic heterocycles. The molecule has 0 bridgehead atoms. The number of ether oxygens (including phenoxy) is 1. The molecule has 5 heteroatoms. The largest absolute Gasteiger partial charge is 0.479 e. The number of nitrogens with one attached hydrogen (secondary N) is 1. The van der Waals surface area contributed by atoms with Gasteiger partial charge in [-0.3, -0.25) is 0 Å². The molecule has 2 rings (SSSR count). The summed E-state index contributed by atoms with van der Waals surface area (Å²) in [5.41, 5.74) is 1.10. The Morgan fingerprint density at radius 2 is 2.26 bits per heavy atom. The maximum atomic E-state index is 10.9. The monoisotopic (exact) mass is 279 g/mol. The Bertz CT molecular complexity index is 519. The van der Waals surface area contributed by atoms with E-state index in [1.165, 1.54) is 5.39 Å². The van der Waals surface area contributed by atoms with Gasteiger partial charge in [-0.1, -0.05) is 18.2 Å². The van der Waals surface area contributed by atoms with Gasteiger partial charge in [-0.25, -0.2) is 4.79 Å². The molecule has 102 valence electrons. The number of para-hydroxylation sites is 1. The number of benzene rings is 1. The first-order chi connectivity index (χ1) is 9.20. The molecular formula is C14H17NO3S. The van der Waals surface area contributed by atoms with E-state index in [1.807, 2.05) is 18.2 Å². The highest BCUT2D eigenvalue weighted by Crippen LogP contribution is 2.24. The average molecular weight is 279 g/mol. The van der Waals surface area contributed by atoms with Crippen LogP contribution in [-0.2, 0) is 9.53 Å². The Morgan fingerprint density at radius 3 is 2.95 bits per heavy atom. The van der Waals surface area contributed by atoms with E-state index in [4.69, 9.17) is 9.84 Å². The molecule has 19 heavy (non-hydrogen) atoms. The van der Waals surface area contributed by atoms with Crippen molar-refractivity contribution in [2.24, 2.45) is 0 Å². The zero-order valence-corrected chi connectivity index (χ0v) is 11.6. The predicted molar refractivity (Wildman–Crippen MR) is 76.7 cm³/mol. The van der Waals surface area contributed by atoms with E-state index in [-0.39, 0.29) is 0 Å². The summed E-state index contributed by atoms with van der Waals surface area (Å²) >= 11 is 1.62. The highest BCUT2D eigenvalue weighted by atomic mass is 32.2. The van der Waals surface area contributed by atoms with Gasteiger partial charge in [-0.2, -0.15) is 0 Å². The number of hydrogen-bond donors (Lipinski definition) is 2. The third kappa shape index (κ3) is 3.75. The van der Waals surface area contributed by atoms with Gasteiger partial charge in [0.15, 0.2) is 6.10 Å². The summed E-state index contributed by atoms with van der Waals surface area (Å²) in [6.07, 6.45) is -0.203. The molecule has 4 nitrogen and oxygen atoms in total. The molecule has 1 aromatic heterocycles. The summed E-state index contributed by atoms with van der Waals surface area (Å²) < 4.78 is 5.18. The lowest BCUT2D eigenvalue weighted by molar-refractivity contribution is -0.150. The number of aromatic nitrogens is 1. The Balaban J connectivity index is 1.89. The lowest BCUT2D eigenvalue weighted by atomic mass is 10.3. The van der Waals surface area contributed by atoms with Crippen LogP contribution in [-0.4, -0.2) is 34.5 Å². The first kappa shape index (κ1) is 14.0. The first-order valence-corrected chi connectivity index (χ1v) is 7.24. The standard InChI is InChI=1S/C14H17NO3S/c1-2-18-12(14(16)17)7-8-19-13-9-10-5-3-4-6-11(10)15-13/h3-6,9,12,15H,2,7-8H2,1H3,(H,16,17). The van der Waals surface area contributed by atoms with Crippen LogP contribution in [0.1, 0.15) is 13.3 Å². The van der Waals surface area contributed by atoms with Crippen molar-refractivity contribution in [1.82, 2.24) is 4.98 Å². The van der Waals surface area contributed by atoms with Crippen LogP contribution in [0.25, 0.3) is 10.9 Å². The second-order valence-corrected chi connectivity index (χ2v) is 5.28. The summed E-state index contributed by atoms with van der Waals surface area (Å²) in [6, 6.07) is 10.1. The van der Waals surface area contributed by atoms with Gasteiger partial charge in [0, 0.05) is 23.3 Å². The molecule has 0 fully saturated rings. The summed E-state index contributed by atoms with van der Waals surface area (Å²) in [5, 5.41) is 11.2. The second kappa shape index (κ2) is 6.63. The van der Waals surface area contributed by atoms with Gasteiger partial charge in [-0.05, 0) is 25.5 Å². The lowest BCUT2D eigenvalue weighted by Crippen LogP contribution is -2.24. The Kier molecular flexibility index (Phi) is 4.87. The van der Waals surface area contributed by atoms with Crippen molar-refractivity contribution in [3.8, 4) is 0 Å². The molecule has 0 aliphatic rings. The molecule has 0 saturated carbocycles. The van der Waals surface area contributed by atoms with Crippen LogP contribution in [0, 0.1) is 0 Å². The molecule has 1 atom stereocenters. The molecule has 0 saturated heterocycles. The quantitative estimate of drug-likeness (QED) is 0.764. The van der Waals surface area contributed by atoms with Gasteiger partial charge < -0.3 is 14.8 Å². The van der Waals surface area contributed by atoms with E-state index >= 15 is 0 Å². The van der Waals surface area contributed by atoms with E-state index in [0.717, 1.165) is 10.5 Å². The summed E-state index contributed by atoms with van der Waals surface area (Å²) in [6.45, 7) is 2.23.